The number of hydrogen-bond donors (Lipinski definition) is 0. The molecule has 0 saturated carbocycles. The van der Waals surface area contributed by atoms with Crippen molar-refractivity contribution < 1.29 is 8.42 Å². The van der Waals surface area contributed by atoms with Crippen molar-refractivity contribution >= 4 is 10.0 Å². The lowest BCUT2D eigenvalue weighted by molar-refractivity contribution is 0.395. The molecule has 5 nitrogen and oxygen atoms in total. The lowest BCUT2D eigenvalue weighted by Gasteiger charge is -2.21. The fourth-order valence-corrected chi connectivity index (χ4v) is 2.68. The molecule has 0 bridgehead atoms. The van der Waals surface area contributed by atoms with Gasteiger partial charge in [-0.2, -0.15) is 14.8 Å². The zero-order chi connectivity index (χ0) is 13.3. The summed E-state index contributed by atoms with van der Waals surface area (Å²) >= 11 is 0. The van der Waals surface area contributed by atoms with Gasteiger partial charge in [-0.3, -0.25) is 0 Å². The summed E-state index contributed by atoms with van der Waals surface area (Å²) in [4.78, 5) is 0. The second-order valence-electron chi connectivity index (χ2n) is 3.79. The van der Waals surface area contributed by atoms with Crippen molar-refractivity contribution in [3.63, 3.8) is 0 Å². The van der Waals surface area contributed by atoms with Crippen LogP contribution in [0.5, 0.6) is 0 Å². The molecule has 96 valence electrons. The van der Waals surface area contributed by atoms with E-state index in [9.17, 15) is 8.42 Å². The first-order valence-corrected chi connectivity index (χ1v) is 7.33. The van der Waals surface area contributed by atoms with Crippen LogP contribution in [-0.4, -0.2) is 31.1 Å². The van der Waals surface area contributed by atoms with Gasteiger partial charge in [-0.1, -0.05) is 26.7 Å². The Morgan fingerprint density at radius 1 is 1.06 bits per heavy atom. The predicted octanol–water partition coefficient (Wildman–Crippen LogP) is 1.63. The molecule has 0 aromatic carbocycles. The SMILES string of the molecule is CCCCN(CCCC)S(=O)(=O)C(C#N)C#N. The van der Waals surface area contributed by atoms with Crippen LogP contribution in [0.3, 0.4) is 0 Å². The molecule has 0 rings (SSSR count). The topological polar surface area (TPSA) is 85.0 Å². The first-order chi connectivity index (χ1) is 8.04. The van der Waals surface area contributed by atoms with Crippen LogP contribution in [0.1, 0.15) is 39.5 Å². The summed E-state index contributed by atoms with van der Waals surface area (Å²) in [5.74, 6) is 0. The minimum Gasteiger partial charge on any atom is -0.210 e. The average molecular weight is 257 g/mol. The van der Waals surface area contributed by atoms with Crippen LogP contribution < -0.4 is 0 Å². The van der Waals surface area contributed by atoms with Crippen molar-refractivity contribution in [2.24, 2.45) is 0 Å². The lowest BCUT2D eigenvalue weighted by Crippen LogP contribution is -2.39. The fraction of sp³-hybridized carbons (Fsp3) is 0.818. The summed E-state index contributed by atoms with van der Waals surface area (Å²) < 4.78 is 25.2. The van der Waals surface area contributed by atoms with Crippen molar-refractivity contribution in [3.8, 4) is 12.1 Å². The molecule has 0 radical (unpaired) electrons. The summed E-state index contributed by atoms with van der Waals surface area (Å²) in [5, 5.41) is 15.8. The summed E-state index contributed by atoms with van der Waals surface area (Å²) in [5.41, 5.74) is 0. The first kappa shape index (κ1) is 15.9. The molecule has 0 saturated heterocycles. The third kappa shape index (κ3) is 4.72. The summed E-state index contributed by atoms with van der Waals surface area (Å²) in [7, 11) is -3.80. The van der Waals surface area contributed by atoms with Gasteiger partial charge in [0.2, 0.25) is 15.3 Å². The van der Waals surface area contributed by atoms with Gasteiger partial charge in [0.25, 0.3) is 0 Å². The van der Waals surface area contributed by atoms with Gasteiger partial charge < -0.3 is 0 Å². The van der Waals surface area contributed by atoms with Crippen LogP contribution in [0.2, 0.25) is 0 Å². The number of nitriles is 2. The lowest BCUT2D eigenvalue weighted by atomic mass is 10.3. The van der Waals surface area contributed by atoms with E-state index in [1.807, 2.05) is 13.8 Å². The predicted molar refractivity (Wildman–Crippen MR) is 65.3 cm³/mol. The quantitative estimate of drug-likeness (QED) is 0.661. The van der Waals surface area contributed by atoms with Gasteiger partial charge in [-0.25, -0.2) is 8.42 Å². The number of hydrogen-bond acceptors (Lipinski definition) is 4. The largest absolute Gasteiger partial charge is 0.247 e. The normalized spacial score (nSPS) is 11.4. The standard InChI is InChI=1S/C11H19N3O2S/c1-3-5-7-14(8-6-4-2)17(15,16)11(9-12)10-13/h11H,3-8H2,1-2H3. The van der Waals surface area contributed by atoms with Crippen LogP contribution >= 0.6 is 0 Å². The van der Waals surface area contributed by atoms with E-state index in [0.29, 0.717) is 13.1 Å². The molecule has 0 aromatic rings. The Kier molecular flexibility index (Phi) is 7.53. The number of rotatable bonds is 8. The van der Waals surface area contributed by atoms with E-state index < -0.39 is 15.3 Å². The molecule has 0 N–H and O–H groups in total. The van der Waals surface area contributed by atoms with E-state index in [1.165, 1.54) is 16.4 Å². The van der Waals surface area contributed by atoms with Crippen molar-refractivity contribution in [1.29, 1.82) is 10.5 Å². The highest BCUT2D eigenvalue weighted by Crippen LogP contribution is 2.11. The Bertz CT molecular complexity index is 370. The Morgan fingerprint density at radius 3 is 1.76 bits per heavy atom. The molecule has 0 amide bonds. The van der Waals surface area contributed by atoms with Crippen LogP contribution in [-0.2, 0) is 10.0 Å². The maximum atomic E-state index is 12.0. The van der Waals surface area contributed by atoms with Crippen molar-refractivity contribution in [1.82, 2.24) is 4.31 Å². The molecule has 0 atom stereocenters. The highest BCUT2D eigenvalue weighted by molar-refractivity contribution is 7.90. The van der Waals surface area contributed by atoms with E-state index >= 15 is 0 Å². The fourth-order valence-electron chi connectivity index (χ4n) is 1.35. The third-order valence-electron chi connectivity index (χ3n) is 2.41. The van der Waals surface area contributed by atoms with Gasteiger partial charge in [-0.05, 0) is 12.8 Å². The maximum absolute atomic E-state index is 12.0. The molecule has 0 aliphatic heterocycles. The second kappa shape index (κ2) is 8.05. The van der Waals surface area contributed by atoms with E-state index in [1.54, 1.807) is 0 Å². The Labute approximate surface area is 104 Å². The minimum atomic E-state index is -3.80. The number of sulfonamides is 1. The second-order valence-corrected chi connectivity index (χ2v) is 5.81. The van der Waals surface area contributed by atoms with Crippen molar-refractivity contribution in [2.45, 2.75) is 44.8 Å². The van der Waals surface area contributed by atoms with Gasteiger partial charge in [-0.15, -0.1) is 0 Å². The molecule has 0 fully saturated rings. The molecule has 0 heterocycles. The Balaban J connectivity index is 4.89. The summed E-state index contributed by atoms with van der Waals surface area (Å²) in [6.07, 6.45) is 3.24. The summed E-state index contributed by atoms with van der Waals surface area (Å²) in [6, 6.07) is 3.07. The van der Waals surface area contributed by atoms with Crippen molar-refractivity contribution in [3.05, 3.63) is 0 Å². The van der Waals surface area contributed by atoms with Crippen LogP contribution in [0.15, 0.2) is 0 Å². The van der Waals surface area contributed by atoms with E-state index in [4.69, 9.17) is 10.5 Å². The molecule has 17 heavy (non-hydrogen) atoms. The van der Waals surface area contributed by atoms with Gasteiger partial charge in [0.1, 0.15) is 0 Å². The smallest absolute Gasteiger partial charge is 0.210 e. The Morgan fingerprint density at radius 2 is 1.47 bits per heavy atom. The molecule has 0 aliphatic rings. The minimum absolute atomic E-state index is 0.388. The highest BCUT2D eigenvalue weighted by atomic mass is 32.2. The van der Waals surface area contributed by atoms with E-state index in [2.05, 4.69) is 0 Å². The monoisotopic (exact) mass is 257 g/mol. The molecular weight excluding hydrogens is 238 g/mol. The highest BCUT2D eigenvalue weighted by Gasteiger charge is 2.31. The first-order valence-electron chi connectivity index (χ1n) is 5.82. The zero-order valence-corrected chi connectivity index (χ0v) is 11.2. The zero-order valence-electron chi connectivity index (χ0n) is 10.4. The third-order valence-corrected chi connectivity index (χ3v) is 4.31. The van der Waals surface area contributed by atoms with Crippen LogP contribution in [0, 0.1) is 22.7 Å². The van der Waals surface area contributed by atoms with Gasteiger partial charge in [0.15, 0.2) is 0 Å². The van der Waals surface area contributed by atoms with Gasteiger partial charge in [0.05, 0.1) is 12.1 Å². The number of nitrogens with zero attached hydrogens (tertiary/aromatic N) is 3. The summed E-state index contributed by atoms with van der Waals surface area (Å²) in [6.45, 7) is 4.71. The van der Waals surface area contributed by atoms with Crippen LogP contribution in [0.4, 0.5) is 0 Å². The van der Waals surface area contributed by atoms with Gasteiger partial charge in [0, 0.05) is 13.1 Å². The van der Waals surface area contributed by atoms with Gasteiger partial charge >= 0.3 is 0 Å². The van der Waals surface area contributed by atoms with E-state index in [-0.39, 0.29) is 0 Å². The Hall–Kier alpha value is -1.11. The molecule has 6 heteroatoms. The number of unbranched alkanes of at least 4 members (excludes halogenated alkanes) is 2. The van der Waals surface area contributed by atoms with Crippen LogP contribution in [0.25, 0.3) is 0 Å². The average Bonchev–Trinajstić information content (AvgIpc) is 2.30. The molecule has 0 spiro atoms. The molecule has 0 aromatic heterocycles. The molecule has 0 unspecified atom stereocenters. The molecule has 0 aliphatic carbocycles. The molecular formula is C11H19N3O2S. The van der Waals surface area contributed by atoms with E-state index in [0.717, 1.165) is 25.7 Å². The van der Waals surface area contributed by atoms with Crippen molar-refractivity contribution in [2.75, 3.05) is 13.1 Å². The maximum Gasteiger partial charge on any atom is 0.247 e.